The molecule has 102 valence electrons. The molecule has 0 spiro atoms. The van der Waals surface area contributed by atoms with Gasteiger partial charge in [-0.25, -0.2) is 0 Å². The zero-order valence-corrected chi connectivity index (χ0v) is 10.6. The summed E-state index contributed by atoms with van der Waals surface area (Å²) in [6.07, 6.45) is -1.19. The molecule has 0 unspecified atom stereocenters. The van der Waals surface area contributed by atoms with Crippen molar-refractivity contribution in [1.29, 1.82) is 0 Å². The number of carbonyl (C=O) groups excluding carboxylic acids is 1. The summed E-state index contributed by atoms with van der Waals surface area (Å²) in [5.74, 6) is -0.615. The second kappa shape index (κ2) is 5.73. The summed E-state index contributed by atoms with van der Waals surface area (Å²) >= 11 is 0. The SMILES string of the molecule is CC=C(C(N)=O)C(=CC)c1ccc(C(F)(F)F)cc1. The van der Waals surface area contributed by atoms with Gasteiger partial charge in [0, 0.05) is 5.57 Å². The molecule has 0 heterocycles. The third kappa shape index (κ3) is 3.47. The summed E-state index contributed by atoms with van der Waals surface area (Å²) in [6, 6.07) is 4.61. The van der Waals surface area contributed by atoms with Gasteiger partial charge in [-0.05, 0) is 37.1 Å². The topological polar surface area (TPSA) is 43.1 Å². The van der Waals surface area contributed by atoms with E-state index in [9.17, 15) is 18.0 Å². The molecule has 1 amide bonds. The van der Waals surface area contributed by atoms with Gasteiger partial charge in [0.15, 0.2) is 0 Å². The van der Waals surface area contributed by atoms with Crippen molar-refractivity contribution in [2.45, 2.75) is 20.0 Å². The minimum absolute atomic E-state index is 0.280. The first-order valence-electron chi connectivity index (χ1n) is 5.61. The van der Waals surface area contributed by atoms with Crippen molar-refractivity contribution < 1.29 is 18.0 Å². The van der Waals surface area contributed by atoms with Crippen molar-refractivity contribution in [3.05, 3.63) is 53.1 Å². The largest absolute Gasteiger partial charge is 0.416 e. The monoisotopic (exact) mass is 269 g/mol. The van der Waals surface area contributed by atoms with Crippen LogP contribution in [-0.4, -0.2) is 5.91 Å². The van der Waals surface area contributed by atoms with Crippen molar-refractivity contribution in [2.24, 2.45) is 5.73 Å². The summed E-state index contributed by atoms with van der Waals surface area (Å²) in [7, 11) is 0. The highest BCUT2D eigenvalue weighted by Crippen LogP contribution is 2.31. The van der Waals surface area contributed by atoms with Crippen molar-refractivity contribution in [3.8, 4) is 0 Å². The lowest BCUT2D eigenvalue weighted by molar-refractivity contribution is -0.137. The van der Waals surface area contributed by atoms with E-state index in [1.54, 1.807) is 19.9 Å². The van der Waals surface area contributed by atoms with Crippen LogP contribution in [0.4, 0.5) is 13.2 Å². The highest BCUT2D eigenvalue weighted by atomic mass is 19.4. The van der Waals surface area contributed by atoms with Gasteiger partial charge in [-0.15, -0.1) is 0 Å². The molecule has 0 aliphatic heterocycles. The highest BCUT2D eigenvalue weighted by Gasteiger charge is 2.30. The molecule has 1 rings (SSSR count). The third-order valence-electron chi connectivity index (χ3n) is 2.66. The first kappa shape index (κ1) is 15.0. The van der Waals surface area contributed by atoms with Gasteiger partial charge in [0.05, 0.1) is 5.56 Å². The molecule has 0 atom stereocenters. The van der Waals surface area contributed by atoms with Gasteiger partial charge in [0.1, 0.15) is 0 Å². The molecule has 0 radical (unpaired) electrons. The molecule has 1 aromatic carbocycles. The van der Waals surface area contributed by atoms with Gasteiger partial charge in [0.25, 0.3) is 0 Å². The van der Waals surface area contributed by atoms with Crippen molar-refractivity contribution in [3.63, 3.8) is 0 Å². The Morgan fingerprint density at radius 2 is 1.63 bits per heavy atom. The Balaban J connectivity index is 3.19. The molecule has 19 heavy (non-hydrogen) atoms. The molecule has 5 heteroatoms. The number of nitrogens with two attached hydrogens (primary N) is 1. The number of rotatable bonds is 3. The van der Waals surface area contributed by atoms with Crippen LogP contribution in [0, 0.1) is 0 Å². The van der Waals surface area contributed by atoms with Crippen molar-refractivity contribution in [2.75, 3.05) is 0 Å². The number of halogens is 3. The van der Waals surface area contributed by atoms with Gasteiger partial charge in [-0.2, -0.15) is 13.2 Å². The molecule has 0 fully saturated rings. The lowest BCUT2D eigenvalue weighted by Crippen LogP contribution is -2.15. The second-order valence-electron chi connectivity index (χ2n) is 3.84. The van der Waals surface area contributed by atoms with E-state index >= 15 is 0 Å². The van der Waals surface area contributed by atoms with E-state index in [1.165, 1.54) is 18.2 Å². The number of carbonyl (C=O) groups is 1. The van der Waals surface area contributed by atoms with Gasteiger partial charge in [-0.1, -0.05) is 24.3 Å². The highest BCUT2D eigenvalue weighted by molar-refractivity contribution is 6.08. The fraction of sp³-hybridized carbons (Fsp3) is 0.214. The van der Waals surface area contributed by atoms with Crippen LogP contribution in [0.3, 0.4) is 0 Å². The number of hydrogen-bond donors (Lipinski definition) is 1. The summed E-state index contributed by atoms with van der Waals surface area (Å²) in [5.41, 5.74) is 5.82. The summed E-state index contributed by atoms with van der Waals surface area (Å²) in [4.78, 5) is 11.3. The fourth-order valence-corrected chi connectivity index (χ4v) is 1.75. The molecule has 0 aromatic heterocycles. The number of allylic oxidation sites excluding steroid dienone is 2. The second-order valence-corrected chi connectivity index (χ2v) is 3.84. The minimum Gasteiger partial charge on any atom is -0.366 e. The molecular formula is C14H14F3NO. The van der Waals surface area contributed by atoms with Crippen LogP contribution < -0.4 is 5.73 Å². The van der Waals surface area contributed by atoms with Crippen LogP contribution in [0.15, 0.2) is 42.0 Å². The predicted molar refractivity (Wildman–Crippen MR) is 68.0 cm³/mol. The Kier molecular flexibility index (Phi) is 4.53. The Bertz CT molecular complexity index is 525. The van der Waals surface area contributed by atoms with Crippen LogP contribution in [-0.2, 0) is 11.0 Å². The molecule has 1 aromatic rings. The van der Waals surface area contributed by atoms with Crippen LogP contribution in [0.1, 0.15) is 25.0 Å². The quantitative estimate of drug-likeness (QED) is 0.662. The average molecular weight is 269 g/mol. The normalized spacial score (nSPS) is 13.5. The molecular weight excluding hydrogens is 255 g/mol. The number of alkyl halides is 3. The summed E-state index contributed by atoms with van der Waals surface area (Å²) in [5, 5.41) is 0. The maximum Gasteiger partial charge on any atom is 0.416 e. The van der Waals surface area contributed by atoms with Gasteiger partial charge >= 0.3 is 6.18 Å². The first-order chi connectivity index (χ1) is 8.81. The zero-order valence-electron chi connectivity index (χ0n) is 10.6. The molecule has 2 N–H and O–H groups in total. The van der Waals surface area contributed by atoms with Crippen molar-refractivity contribution in [1.82, 2.24) is 0 Å². The smallest absolute Gasteiger partial charge is 0.366 e. The number of hydrogen-bond acceptors (Lipinski definition) is 1. The van der Waals surface area contributed by atoms with E-state index < -0.39 is 17.6 Å². The maximum absolute atomic E-state index is 12.5. The van der Waals surface area contributed by atoms with Crippen LogP contribution >= 0.6 is 0 Å². The average Bonchev–Trinajstić information content (AvgIpc) is 2.34. The fourth-order valence-electron chi connectivity index (χ4n) is 1.75. The van der Waals surface area contributed by atoms with E-state index in [2.05, 4.69) is 0 Å². The molecule has 2 nitrogen and oxygen atoms in total. The Hall–Kier alpha value is -2.04. The van der Waals surface area contributed by atoms with E-state index in [1.807, 2.05) is 0 Å². The number of primary amides is 1. The van der Waals surface area contributed by atoms with Gasteiger partial charge < -0.3 is 5.73 Å². The van der Waals surface area contributed by atoms with E-state index in [0.717, 1.165) is 12.1 Å². The Morgan fingerprint density at radius 1 is 1.11 bits per heavy atom. The predicted octanol–water partition coefficient (Wildman–Crippen LogP) is 3.54. The van der Waals surface area contributed by atoms with Gasteiger partial charge in [0.2, 0.25) is 5.91 Å². The molecule has 0 saturated carbocycles. The van der Waals surface area contributed by atoms with E-state index in [0.29, 0.717) is 11.1 Å². The summed E-state index contributed by atoms with van der Waals surface area (Å²) < 4.78 is 37.4. The molecule has 0 saturated heterocycles. The van der Waals surface area contributed by atoms with E-state index in [-0.39, 0.29) is 5.57 Å². The molecule has 0 aliphatic rings. The third-order valence-corrected chi connectivity index (χ3v) is 2.66. The minimum atomic E-state index is -4.37. The van der Waals surface area contributed by atoms with E-state index in [4.69, 9.17) is 5.73 Å². The van der Waals surface area contributed by atoms with Crippen LogP contribution in [0.5, 0.6) is 0 Å². The van der Waals surface area contributed by atoms with Gasteiger partial charge in [-0.3, -0.25) is 4.79 Å². The van der Waals surface area contributed by atoms with Crippen LogP contribution in [0.2, 0.25) is 0 Å². The first-order valence-corrected chi connectivity index (χ1v) is 5.61. The molecule has 0 aliphatic carbocycles. The van der Waals surface area contributed by atoms with Crippen LogP contribution in [0.25, 0.3) is 5.57 Å². The summed E-state index contributed by atoms with van der Waals surface area (Å²) in [6.45, 7) is 3.34. The number of benzene rings is 1. The standard InChI is InChI=1S/C14H14F3NO/c1-3-11(12(4-2)13(18)19)9-5-7-10(8-6-9)14(15,16)17/h3-8H,1-2H3,(H2,18,19). The maximum atomic E-state index is 12.5. The number of amides is 1. The Morgan fingerprint density at radius 3 is 1.95 bits per heavy atom. The van der Waals surface area contributed by atoms with Crippen molar-refractivity contribution >= 4 is 11.5 Å². The lowest BCUT2D eigenvalue weighted by Gasteiger charge is -2.11. The lowest BCUT2D eigenvalue weighted by atomic mass is 9.96. The Labute approximate surface area is 109 Å². The molecule has 0 bridgehead atoms. The zero-order chi connectivity index (χ0) is 14.6.